The molecule has 0 bridgehead atoms. The summed E-state index contributed by atoms with van der Waals surface area (Å²) in [6, 6.07) is 7.83. The summed E-state index contributed by atoms with van der Waals surface area (Å²) in [6.45, 7) is 1.12. The van der Waals surface area contributed by atoms with E-state index in [1.54, 1.807) is 0 Å². The fourth-order valence-corrected chi connectivity index (χ4v) is 3.87. The van der Waals surface area contributed by atoms with Crippen molar-refractivity contribution < 1.29 is 31.4 Å². The van der Waals surface area contributed by atoms with Crippen LogP contribution in [0.1, 0.15) is 18.2 Å². The molecule has 32 heavy (non-hydrogen) atoms. The number of nitrogens with zero attached hydrogens (tertiary/aromatic N) is 5. The Kier molecular flexibility index (Phi) is 6.42. The third kappa shape index (κ3) is 6.35. The van der Waals surface area contributed by atoms with Gasteiger partial charge in [-0.2, -0.15) is 4.80 Å². The second-order valence-corrected chi connectivity index (χ2v) is 8.96. The predicted octanol–water partition coefficient (Wildman–Crippen LogP) is 1.83. The van der Waals surface area contributed by atoms with Crippen LogP contribution in [0.15, 0.2) is 36.4 Å². The number of pyridine rings is 1. The molecule has 1 unspecified atom stereocenters. The maximum absolute atomic E-state index is 12.4. The van der Waals surface area contributed by atoms with E-state index in [2.05, 4.69) is 25.1 Å². The lowest BCUT2D eigenvalue weighted by Crippen LogP contribution is -2.35. The van der Waals surface area contributed by atoms with Gasteiger partial charge in [0.15, 0.2) is 0 Å². The maximum Gasteiger partial charge on any atom is 0.573 e. The van der Waals surface area contributed by atoms with E-state index in [9.17, 15) is 26.7 Å². The fourth-order valence-electron chi connectivity index (χ4n) is 2.76. The van der Waals surface area contributed by atoms with Crippen molar-refractivity contribution in [1.29, 1.82) is 0 Å². The molecule has 0 aliphatic carbocycles. The molecule has 3 aromatic rings. The molecule has 0 spiro atoms. The number of hydrogen-bond donors (Lipinski definition) is 2. The van der Waals surface area contributed by atoms with Crippen molar-refractivity contribution in [1.82, 2.24) is 25.2 Å². The monoisotopic (exact) mass is 492 g/mol. The van der Waals surface area contributed by atoms with Gasteiger partial charge < -0.3 is 9.84 Å². The third-order valence-corrected chi connectivity index (χ3v) is 5.36. The van der Waals surface area contributed by atoms with E-state index in [1.165, 1.54) is 31.2 Å². The van der Waals surface area contributed by atoms with Gasteiger partial charge in [-0.3, -0.25) is 0 Å². The number of aliphatic hydroxyl groups is 1. The predicted molar refractivity (Wildman–Crippen MR) is 106 cm³/mol. The van der Waals surface area contributed by atoms with Crippen LogP contribution in [0.4, 0.5) is 13.2 Å². The minimum Gasteiger partial charge on any atom is -0.406 e. The van der Waals surface area contributed by atoms with Crippen molar-refractivity contribution in [3.8, 4) is 17.3 Å². The number of sulfonamides is 1. The van der Waals surface area contributed by atoms with E-state index in [0.29, 0.717) is 0 Å². The number of nitrogens with two attached hydrogens (primary N) is 1. The minimum atomic E-state index is -4.86. The minimum absolute atomic E-state index is 0.0143. The highest BCUT2D eigenvalue weighted by atomic mass is 35.5. The van der Waals surface area contributed by atoms with Gasteiger partial charge in [-0.25, -0.2) is 18.5 Å². The second-order valence-electron chi connectivity index (χ2n) is 6.93. The average molecular weight is 493 g/mol. The quantitative estimate of drug-likeness (QED) is 0.508. The third-order valence-electron chi connectivity index (χ3n) is 4.03. The van der Waals surface area contributed by atoms with Crippen LogP contribution in [0.2, 0.25) is 5.02 Å². The lowest BCUT2D eigenvalue weighted by atomic mass is 10.0. The van der Waals surface area contributed by atoms with Crippen LogP contribution in [0.5, 0.6) is 5.75 Å². The molecule has 172 valence electrons. The zero-order chi connectivity index (χ0) is 23.7. The summed E-state index contributed by atoms with van der Waals surface area (Å²) in [4.78, 5) is 5.25. The van der Waals surface area contributed by atoms with Crippen LogP contribution >= 0.6 is 11.6 Å². The van der Waals surface area contributed by atoms with Gasteiger partial charge in [0.1, 0.15) is 17.0 Å². The molecule has 10 nitrogen and oxygen atoms in total. The Balaban J connectivity index is 1.84. The van der Waals surface area contributed by atoms with E-state index < -0.39 is 33.5 Å². The Bertz CT molecular complexity index is 1230. The van der Waals surface area contributed by atoms with Gasteiger partial charge in [0.2, 0.25) is 15.8 Å². The summed E-state index contributed by atoms with van der Waals surface area (Å²) in [5.41, 5.74) is -1.44. The molecule has 0 fully saturated rings. The lowest BCUT2D eigenvalue weighted by molar-refractivity contribution is -0.274. The van der Waals surface area contributed by atoms with E-state index >= 15 is 0 Å². The number of rotatable bonds is 7. The molecule has 2 heterocycles. The van der Waals surface area contributed by atoms with Gasteiger partial charge in [-0.15, -0.1) is 23.4 Å². The van der Waals surface area contributed by atoms with Crippen molar-refractivity contribution in [2.24, 2.45) is 5.14 Å². The first-order valence-corrected chi connectivity index (χ1v) is 10.8. The molecule has 0 saturated heterocycles. The zero-order valence-corrected chi connectivity index (χ0v) is 17.9. The van der Waals surface area contributed by atoms with Crippen molar-refractivity contribution in [2.45, 2.75) is 25.4 Å². The summed E-state index contributed by atoms with van der Waals surface area (Å²) >= 11 is 6.04. The Morgan fingerprint density at radius 2 is 1.97 bits per heavy atom. The Morgan fingerprint density at radius 1 is 1.25 bits per heavy atom. The number of alkyl halides is 3. The van der Waals surface area contributed by atoms with Crippen LogP contribution in [0, 0.1) is 0 Å². The maximum atomic E-state index is 12.4. The van der Waals surface area contributed by atoms with Crippen LogP contribution in [0.3, 0.4) is 0 Å². The molecule has 0 radical (unpaired) electrons. The van der Waals surface area contributed by atoms with Gasteiger partial charge in [0, 0.05) is 5.02 Å². The summed E-state index contributed by atoms with van der Waals surface area (Å²) in [6.07, 6.45) is -4.86. The van der Waals surface area contributed by atoms with Crippen LogP contribution in [-0.4, -0.2) is 50.8 Å². The highest BCUT2D eigenvalue weighted by Crippen LogP contribution is 2.28. The molecule has 0 aliphatic rings. The van der Waals surface area contributed by atoms with Gasteiger partial charge in [-0.1, -0.05) is 17.7 Å². The number of aromatic nitrogens is 5. The summed E-state index contributed by atoms with van der Waals surface area (Å²) in [5, 5.41) is 27.4. The van der Waals surface area contributed by atoms with Crippen molar-refractivity contribution in [3.05, 3.63) is 52.7 Å². The number of tetrazole rings is 1. The first-order valence-electron chi connectivity index (χ1n) is 8.75. The molecule has 0 aliphatic heterocycles. The molecule has 1 atom stereocenters. The lowest BCUT2D eigenvalue weighted by Gasteiger charge is -2.21. The molecular weight excluding hydrogens is 477 g/mol. The fraction of sp³-hybridized carbons (Fsp3) is 0.294. The molecule has 1 aromatic carbocycles. The average Bonchev–Trinajstić information content (AvgIpc) is 3.10. The van der Waals surface area contributed by atoms with Crippen LogP contribution in [0.25, 0.3) is 11.5 Å². The number of primary sulfonamides is 1. The van der Waals surface area contributed by atoms with E-state index in [1.807, 2.05) is 0 Å². The van der Waals surface area contributed by atoms with Crippen molar-refractivity contribution in [2.75, 3.05) is 5.75 Å². The van der Waals surface area contributed by atoms with Crippen LogP contribution < -0.4 is 9.88 Å². The largest absolute Gasteiger partial charge is 0.573 e. The van der Waals surface area contributed by atoms with Gasteiger partial charge in [0.05, 0.1) is 18.0 Å². The van der Waals surface area contributed by atoms with Gasteiger partial charge in [-0.05, 0) is 48.0 Å². The van der Waals surface area contributed by atoms with Gasteiger partial charge in [0.25, 0.3) is 0 Å². The molecule has 0 saturated carbocycles. The van der Waals surface area contributed by atoms with Crippen molar-refractivity contribution >= 4 is 21.6 Å². The smallest absolute Gasteiger partial charge is 0.406 e. The summed E-state index contributed by atoms with van der Waals surface area (Å²) < 4.78 is 63.9. The molecule has 15 heteroatoms. The van der Waals surface area contributed by atoms with E-state index in [0.717, 1.165) is 16.9 Å². The zero-order valence-electron chi connectivity index (χ0n) is 16.3. The molecular formula is C17H16ClF3N6O4S. The number of benzene rings is 1. The second kappa shape index (κ2) is 8.61. The molecule has 2 aromatic heterocycles. The summed E-state index contributed by atoms with van der Waals surface area (Å²) in [7, 11) is -3.99. The van der Waals surface area contributed by atoms with Gasteiger partial charge >= 0.3 is 6.36 Å². The van der Waals surface area contributed by atoms with Crippen LogP contribution in [-0.2, 0) is 22.2 Å². The number of hydrogen-bond acceptors (Lipinski definition) is 8. The molecule has 3 rings (SSSR count). The number of halogens is 4. The number of ether oxygens (including phenoxy) is 1. The van der Waals surface area contributed by atoms with Crippen molar-refractivity contribution in [3.63, 3.8) is 0 Å². The summed E-state index contributed by atoms with van der Waals surface area (Å²) in [5.74, 6) is -1.19. The molecule has 3 N–H and O–H groups in total. The van der Waals surface area contributed by atoms with E-state index in [4.69, 9.17) is 16.7 Å². The molecule has 0 amide bonds. The SMILES string of the molecule is CC(O)(CS(N)(=O)=O)c1cccc(-c2nnn(Cc3cc(OC(F)(F)F)ccc3Cl)n2)n1. The standard InChI is InChI=1S/C17H16ClF3N6O4S/c1-16(28,9-32(22,29)30)14-4-2-3-13(23-14)15-24-26-27(25-15)8-10-7-11(5-6-12(10)18)31-17(19,20)21/h2-7,28H,8-9H2,1H3,(H2,22,29,30). The Morgan fingerprint density at radius 3 is 2.62 bits per heavy atom. The highest BCUT2D eigenvalue weighted by Gasteiger charge is 2.32. The Labute approximate surface area is 184 Å². The normalized spacial score (nSPS) is 14.2. The highest BCUT2D eigenvalue weighted by molar-refractivity contribution is 7.89. The van der Waals surface area contributed by atoms with E-state index in [-0.39, 0.29) is 34.3 Å². The topological polar surface area (TPSA) is 146 Å². The first kappa shape index (κ1) is 23.8. The first-order chi connectivity index (χ1) is 14.7. The Hall–Kier alpha value is -2.81.